The number of rotatable bonds is 3. The van der Waals surface area contributed by atoms with E-state index in [1.54, 1.807) is 28.4 Å². The fourth-order valence-electron chi connectivity index (χ4n) is 2.68. The lowest BCUT2D eigenvalue weighted by molar-refractivity contribution is -0.139. The summed E-state index contributed by atoms with van der Waals surface area (Å²) in [5.41, 5.74) is 1.16. The van der Waals surface area contributed by atoms with Crippen molar-refractivity contribution in [1.82, 2.24) is 14.9 Å². The number of hydrogen-bond acceptors (Lipinski definition) is 7. The maximum absolute atomic E-state index is 10.9. The van der Waals surface area contributed by atoms with Crippen molar-refractivity contribution in [3.05, 3.63) is 45.3 Å². The van der Waals surface area contributed by atoms with Crippen LogP contribution in [0.1, 0.15) is 10.9 Å². The fraction of sp³-hybridized carbons (Fsp3) is 0.286. The molecule has 4 rings (SSSR count). The van der Waals surface area contributed by atoms with Gasteiger partial charge in [-0.3, -0.25) is 14.7 Å². The second-order valence-corrected chi connectivity index (χ2v) is 7.67. The second kappa shape index (κ2) is 5.94. The minimum atomic E-state index is -0.837. The van der Waals surface area contributed by atoms with Crippen LogP contribution in [0.25, 0.3) is 0 Å². The predicted octanol–water partition coefficient (Wildman–Crippen LogP) is 2.82. The normalized spacial score (nSPS) is 23.4. The molecule has 0 radical (unpaired) electrons. The lowest BCUT2D eigenvalue weighted by Crippen LogP contribution is -2.50. The third-order valence-electron chi connectivity index (χ3n) is 3.68. The standard InChI is InChI=1S/C14H13ClN4O2S2/c15-10-3-1-9(2-4-10)13-19-11(6-22-13)23-14-16-7-17(5-12(20)21)8-18(14)19/h1-4,6,13H,5,7-8H2,(H,20,21). The Balaban J connectivity index is 1.59. The zero-order valence-electron chi connectivity index (χ0n) is 11.9. The Morgan fingerprint density at radius 1 is 1.39 bits per heavy atom. The van der Waals surface area contributed by atoms with Crippen molar-refractivity contribution in [2.24, 2.45) is 4.99 Å². The van der Waals surface area contributed by atoms with Crippen molar-refractivity contribution in [2.75, 3.05) is 19.9 Å². The Bertz CT molecular complexity index is 709. The van der Waals surface area contributed by atoms with Crippen LogP contribution in [0.5, 0.6) is 0 Å². The molecule has 0 amide bonds. The topological polar surface area (TPSA) is 59.4 Å². The Hall–Kier alpha value is -1.35. The van der Waals surface area contributed by atoms with Gasteiger partial charge in [0, 0.05) is 10.4 Å². The van der Waals surface area contributed by atoms with Crippen molar-refractivity contribution >= 4 is 46.3 Å². The quantitative estimate of drug-likeness (QED) is 0.880. The zero-order chi connectivity index (χ0) is 16.0. The van der Waals surface area contributed by atoms with Gasteiger partial charge in [-0.05, 0) is 29.5 Å². The van der Waals surface area contributed by atoms with Crippen molar-refractivity contribution in [3.63, 3.8) is 0 Å². The highest BCUT2D eigenvalue weighted by atomic mass is 35.5. The molecule has 6 nitrogen and oxygen atoms in total. The second-order valence-electron chi connectivity index (χ2n) is 5.29. The number of benzene rings is 1. The summed E-state index contributed by atoms with van der Waals surface area (Å²) in [5.74, 6) is -0.837. The lowest BCUT2D eigenvalue weighted by atomic mass is 10.2. The van der Waals surface area contributed by atoms with E-state index in [9.17, 15) is 4.79 Å². The lowest BCUT2D eigenvalue weighted by Gasteiger charge is -2.38. The summed E-state index contributed by atoms with van der Waals surface area (Å²) in [4.78, 5) is 17.3. The Kier molecular flexibility index (Phi) is 3.92. The molecule has 1 aromatic carbocycles. The Labute approximate surface area is 146 Å². The smallest absolute Gasteiger partial charge is 0.317 e. The third-order valence-corrected chi connectivity index (χ3v) is 6.20. The highest BCUT2D eigenvalue weighted by Gasteiger charge is 2.43. The van der Waals surface area contributed by atoms with Gasteiger partial charge in [0.1, 0.15) is 10.4 Å². The van der Waals surface area contributed by atoms with E-state index >= 15 is 0 Å². The molecule has 0 spiro atoms. The molecule has 0 aliphatic carbocycles. The average molecular weight is 369 g/mol. The Morgan fingerprint density at radius 3 is 2.91 bits per heavy atom. The molecule has 3 aliphatic rings. The zero-order valence-corrected chi connectivity index (χ0v) is 14.3. The molecule has 1 N–H and O–H groups in total. The number of fused-ring (bicyclic) bond motifs is 3. The molecule has 1 aromatic rings. The summed E-state index contributed by atoms with van der Waals surface area (Å²) in [6, 6.07) is 7.83. The predicted molar refractivity (Wildman–Crippen MR) is 92.6 cm³/mol. The molecule has 23 heavy (non-hydrogen) atoms. The first-order valence-electron chi connectivity index (χ1n) is 6.96. The number of halogens is 1. The highest BCUT2D eigenvalue weighted by Crippen LogP contribution is 2.52. The summed E-state index contributed by atoms with van der Waals surface area (Å²) >= 11 is 9.34. The minimum absolute atomic E-state index is 0.0103. The number of aliphatic carboxylic acids is 1. The average Bonchev–Trinajstić information content (AvgIpc) is 3.07. The van der Waals surface area contributed by atoms with E-state index in [0.29, 0.717) is 18.4 Å². The molecule has 1 atom stereocenters. The molecule has 1 saturated heterocycles. The third kappa shape index (κ3) is 2.80. The molecular weight excluding hydrogens is 356 g/mol. The van der Waals surface area contributed by atoms with Gasteiger partial charge in [0.15, 0.2) is 5.17 Å². The van der Waals surface area contributed by atoms with Crippen LogP contribution in [0, 0.1) is 0 Å². The maximum Gasteiger partial charge on any atom is 0.317 e. The number of hydrogen-bond donors (Lipinski definition) is 1. The van der Waals surface area contributed by atoms with E-state index in [-0.39, 0.29) is 11.9 Å². The van der Waals surface area contributed by atoms with Gasteiger partial charge in [-0.25, -0.2) is 10.0 Å². The molecule has 3 aliphatic heterocycles. The van der Waals surface area contributed by atoms with E-state index in [4.69, 9.17) is 16.7 Å². The summed E-state index contributed by atoms with van der Waals surface area (Å²) < 4.78 is 0. The number of carboxylic acid groups (broad SMARTS) is 1. The van der Waals surface area contributed by atoms with Gasteiger partial charge in [0.05, 0.1) is 19.9 Å². The summed E-state index contributed by atoms with van der Waals surface area (Å²) in [7, 11) is 0. The first-order valence-corrected chi connectivity index (χ1v) is 9.10. The van der Waals surface area contributed by atoms with Crippen LogP contribution in [0.15, 0.2) is 39.7 Å². The van der Waals surface area contributed by atoms with E-state index in [1.807, 2.05) is 24.3 Å². The number of aliphatic imine (C=N–C) groups is 1. The van der Waals surface area contributed by atoms with Crippen LogP contribution in [-0.4, -0.2) is 51.0 Å². The van der Waals surface area contributed by atoms with Gasteiger partial charge in [-0.1, -0.05) is 35.5 Å². The first kappa shape index (κ1) is 15.2. The van der Waals surface area contributed by atoms with Gasteiger partial charge >= 0.3 is 5.97 Å². The SMILES string of the molecule is O=C(O)CN1CN=C2SC3=CSC(c4ccc(Cl)cc4)N3N2C1. The fourth-order valence-corrected chi connectivity index (χ4v) is 5.10. The van der Waals surface area contributed by atoms with E-state index in [2.05, 4.69) is 20.4 Å². The molecule has 3 heterocycles. The van der Waals surface area contributed by atoms with Crippen LogP contribution >= 0.6 is 35.1 Å². The van der Waals surface area contributed by atoms with Crippen molar-refractivity contribution in [2.45, 2.75) is 5.37 Å². The van der Waals surface area contributed by atoms with Crippen LogP contribution < -0.4 is 0 Å². The van der Waals surface area contributed by atoms with Crippen LogP contribution in [-0.2, 0) is 4.79 Å². The summed E-state index contributed by atoms with van der Waals surface area (Å²) in [6.07, 6.45) is 0. The van der Waals surface area contributed by atoms with Gasteiger partial charge in [0.2, 0.25) is 0 Å². The largest absolute Gasteiger partial charge is 0.480 e. The van der Waals surface area contributed by atoms with Gasteiger partial charge in [-0.15, -0.1) is 0 Å². The Morgan fingerprint density at radius 2 is 2.17 bits per heavy atom. The number of carboxylic acids is 1. The van der Waals surface area contributed by atoms with Crippen LogP contribution in [0.4, 0.5) is 0 Å². The first-order chi connectivity index (χ1) is 11.1. The molecule has 1 unspecified atom stereocenters. The number of carbonyl (C=O) groups is 1. The van der Waals surface area contributed by atoms with Crippen LogP contribution in [0.2, 0.25) is 5.02 Å². The number of amidine groups is 1. The van der Waals surface area contributed by atoms with Crippen molar-refractivity contribution < 1.29 is 9.90 Å². The highest BCUT2D eigenvalue weighted by molar-refractivity contribution is 8.18. The molecular formula is C14H13ClN4O2S2. The van der Waals surface area contributed by atoms with Crippen LogP contribution in [0.3, 0.4) is 0 Å². The number of thioether (sulfide) groups is 2. The molecule has 0 saturated carbocycles. The molecule has 120 valence electrons. The number of hydrazine groups is 1. The molecule has 9 heteroatoms. The van der Waals surface area contributed by atoms with E-state index < -0.39 is 5.97 Å². The van der Waals surface area contributed by atoms with Gasteiger partial charge < -0.3 is 5.11 Å². The van der Waals surface area contributed by atoms with Gasteiger partial charge in [0.25, 0.3) is 0 Å². The maximum atomic E-state index is 10.9. The van der Waals surface area contributed by atoms with E-state index in [1.165, 1.54) is 0 Å². The van der Waals surface area contributed by atoms with Crippen molar-refractivity contribution in [1.29, 1.82) is 0 Å². The molecule has 1 fully saturated rings. The minimum Gasteiger partial charge on any atom is -0.480 e. The van der Waals surface area contributed by atoms with Gasteiger partial charge in [-0.2, -0.15) is 0 Å². The summed E-state index contributed by atoms with van der Waals surface area (Å²) in [5, 5.41) is 18.3. The molecule has 0 aromatic heterocycles. The number of nitrogens with zero attached hydrogens (tertiary/aromatic N) is 4. The van der Waals surface area contributed by atoms with E-state index in [0.717, 1.165) is 15.8 Å². The van der Waals surface area contributed by atoms with Crippen molar-refractivity contribution in [3.8, 4) is 0 Å². The monoisotopic (exact) mass is 368 g/mol. The summed E-state index contributed by atoms with van der Waals surface area (Å²) in [6.45, 7) is 0.939. The molecule has 0 bridgehead atoms.